The second-order valence-corrected chi connectivity index (χ2v) is 8.97. The van der Waals surface area contributed by atoms with E-state index in [0.717, 1.165) is 24.0 Å². The van der Waals surface area contributed by atoms with Crippen LogP contribution in [0.1, 0.15) is 77.6 Å². The van der Waals surface area contributed by atoms with E-state index in [2.05, 4.69) is 14.0 Å². The molecule has 0 saturated carbocycles. The summed E-state index contributed by atoms with van der Waals surface area (Å²) in [5, 5.41) is 0. The van der Waals surface area contributed by atoms with E-state index in [1.807, 2.05) is 0 Å². The molecule has 1 aliphatic heterocycles. The van der Waals surface area contributed by atoms with Crippen LogP contribution in [0.2, 0.25) is 0 Å². The summed E-state index contributed by atoms with van der Waals surface area (Å²) in [7, 11) is -3.84. The summed E-state index contributed by atoms with van der Waals surface area (Å²) in [6.45, 7) is 5.35. The third kappa shape index (κ3) is 13.2. The molecule has 5 nitrogen and oxygen atoms in total. The molecule has 0 aliphatic carbocycles. The first kappa shape index (κ1) is 26.3. The minimum Gasteiger partial charge on any atom is -0.741 e. The van der Waals surface area contributed by atoms with Gasteiger partial charge in [0.15, 0.2) is 15.9 Å². The zero-order chi connectivity index (χ0) is 21.0. The summed E-state index contributed by atoms with van der Waals surface area (Å²) in [6, 6.07) is 0. The van der Waals surface area contributed by atoms with Gasteiger partial charge in [-0.2, -0.15) is 13.2 Å². The number of Topliss-reactive ketones (excluding diaryl/α,β-unsaturated/α-hetero) is 1. The number of quaternary nitrogens is 1. The number of ketones is 1. The predicted octanol–water partition coefficient (Wildman–Crippen LogP) is 4.38. The van der Waals surface area contributed by atoms with Gasteiger partial charge in [-0.05, 0) is 12.8 Å². The molecular formula is C18H34F3NO4S. The van der Waals surface area contributed by atoms with E-state index in [1.54, 1.807) is 0 Å². The highest BCUT2D eigenvalue weighted by Crippen LogP contribution is 2.20. The van der Waals surface area contributed by atoms with Gasteiger partial charge in [0.1, 0.15) is 6.54 Å². The minimum absolute atomic E-state index is 0.467. The van der Waals surface area contributed by atoms with Crippen LogP contribution in [0.25, 0.3) is 0 Å². The van der Waals surface area contributed by atoms with Gasteiger partial charge in [-0.25, -0.2) is 8.42 Å². The highest BCUT2D eigenvalue weighted by molar-refractivity contribution is 7.86. The predicted molar refractivity (Wildman–Crippen MR) is 98.0 cm³/mol. The Morgan fingerprint density at radius 2 is 1.37 bits per heavy atom. The van der Waals surface area contributed by atoms with Gasteiger partial charge in [-0.15, -0.1) is 0 Å². The molecule has 1 unspecified atom stereocenters. The highest BCUT2D eigenvalue weighted by Gasteiger charge is 2.37. The fraction of sp³-hybridized carbons (Fsp3) is 0.944. The Morgan fingerprint density at radius 1 is 0.963 bits per heavy atom. The van der Waals surface area contributed by atoms with Gasteiger partial charge >= 0.3 is 5.51 Å². The first-order valence-corrected chi connectivity index (χ1v) is 11.2. The number of likely N-dealkylation sites (tertiary alicyclic amines) is 1. The Kier molecular flexibility index (Phi) is 12.4. The molecule has 1 saturated heterocycles. The van der Waals surface area contributed by atoms with Crippen LogP contribution in [-0.2, 0) is 14.9 Å². The fourth-order valence-corrected chi connectivity index (χ4v) is 3.15. The highest BCUT2D eigenvalue weighted by atomic mass is 32.2. The molecule has 0 N–H and O–H groups in total. The van der Waals surface area contributed by atoms with Crippen LogP contribution in [0, 0.1) is 0 Å². The Hall–Kier alpha value is -0.670. The molecule has 0 amide bonds. The monoisotopic (exact) mass is 417 g/mol. The Labute approximate surface area is 161 Å². The van der Waals surface area contributed by atoms with Crippen LogP contribution in [0.5, 0.6) is 0 Å². The van der Waals surface area contributed by atoms with Crippen LogP contribution in [0.15, 0.2) is 0 Å². The van der Waals surface area contributed by atoms with Gasteiger partial charge in [0.25, 0.3) is 0 Å². The van der Waals surface area contributed by atoms with Crippen LogP contribution < -0.4 is 0 Å². The average molecular weight is 418 g/mol. The average Bonchev–Trinajstić information content (AvgIpc) is 2.87. The first-order valence-electron chi connectivity index (χ1n) is 9.79. The topological polar surface area (TPSA) is 74.3 Å². The molecule has 1 aliphatic rings. The van der Waals surface area contributed by atoms with Crippen molar-refractivity contribution < 1.29 is 35.4 Å². The molecule has 0 radical (unpaired) electrons. The van der Waals surface area contributed by atoms with Crippen molar-refractivity contribution in [3.8, 4) is 0 Å². The number of carbonyl (C=O) groups excluding carboxylic acids is 1. The van der Waals surface area contributed by atoms with E-state index >= 15 is 0 Å². The summed E-state index contributed by atoms with van der Waals surface area (Å²) in [5.74, 6) is 0.467. The molecule has 0 aromatic rings. The standard InChI is InChI=1S/C17H34NO.CHF3O3S/c1-3-4-5-6-7-8-9-10-11-12-14-18(2)15-13-17(19)16-18;2-1(3,4)8(5,6)7/h3-16H2,1-2H3;(H,5,6,7)/q+1;/p-1. The van der Waals surface area contributed by atoms with E-state index in [1.165, 1.54) is 70.8 Å². The summed E-state index contributed by atoms with van der Waals surface area (Å²) in [6.07, 6.45) is 14.8. The number of alkyl halides is 3. The number of likely N-dealkylation sites (N-methyl/N-ethyl adjacent to an activating group) is 1. The largest absolute Gasteiger partial charge is 0.741 e. The van der Waals surface area contributed by atoms with Crippen molar-refractivity contribution in [1.29, 1.82) is 0 Å². The molecule has 9 heteroatoms. The lowest BCUT2D eigenvalue weighted by Crippen LogP contribution is -2.42. The molecule has 0 aromatic carbocycles. The molecule has 162 valence electrons. The van der Waals surface area contributed by atoms with Crippen LogP contribution >= 0.6 is 0 Å². The van der Waals surface area contributed by atoms with Gasteiger partial charge < -0.3 is 9.04 Å². The summed E-state index contributed by atoms with van der Waals surface area (Å²) < 4.78 is 59.9. The molecule has 0 bridgehead atoms. The number of nitrogens with zero attached hydrogens (tertiary/aromatic N) is 1. The number of carbonyl (C=O) groups is 1. The quantitative estimate of drug-likeness (QED) is 0.216. The zero-order valence-corrected chi connectivity index (χ0v) is 17.3. The summed E-state index contributed by atoms with van der Waals surface area (Å²) in [4.78, 5) is 11.3. The SMILES string of the molecule is CCCCCCCCCCCC[N+]1(C)CCC(=O)C1.O=S(=O)([O-])C(F)(F)F. The third-order valence-electron chi connectivity index (χ3n) is 4.82. The molecule has 1 heterocycles. The van der Waals surface area contributed by atoms with E-state index < -0.39 is 15.6 Å². The van der Waals surface area contributed by atoms with Gasteiger partial charge in [0.2, 0.25) is 0 Å². The number of hydrogen-bond acceptors (Lipinski definition) is 4. The summed E-state index contributed by atoms with van der Waals surface area (Å²) in [5.41, 5.74) is -5.65. The van der Waals surface area contributed by atoms with Crippen LogP contribution in [0.4, 0.5) is 13.2 Å². The van der Waals surface area contributed by atoms with Crippen molar-refractivity contribution in [3.63, 3.8) is 0 Å². The lowest BCUT2D eigenvalue weighted by molar-refractivity contribution is -0.894. The van der Waals surface area contributed by atoms with Crippen molar-refractivity contribution in [2.75, 3.05) is 26.7 Å². The Morgan fingerprint density at radius 3 is 1.70 bits per heavy atom. The second kappa shape index (κ2) is 12.7. The van der Waals surface area contributed by atoms with Gasteiger partial charge in [0.05, 0.1) is 26.6 Å². The molecule has 0 spiro atoms. The number of unbranched alkanes of at least 4 members (excludes halogenated alkanes) is 9. The summed E-state index contributed by atoms with van der Waals surface area (Å²) >= 11 is 0. The maximum atomic E-state index is 11.3. The van der Waals surface area contributed by atoms with E-state index in [-0.39, 0.29) is 0 Å². The van der Waals surface area contributed by atoms with Gasteiger partial charge in [-0.1, -0.05) is 58.3 Å². The smallest absolute Gasteiger partial charge is 0.485 e. The van der Waals surface area contributed by atoms with Crippen molar-refractivity contribution in [3.05, 3.63) is 0 Å². The van der Waals surface area contributed by atoms with Crippen molar-refractivity contribution in [2.24, 2.45) is 0 Å². The molecule has 0 aromatic heterocycles. The van der Waals surface area contributed by atoms with Crippen LogP contribution in [0.3, 0.4) is 0 Å². The molecule has 1 fully saturated rings. The van der Waals surface area contributed by atoms with Crippen molar-refractivity contribution >= 4 is 15.9 Å². The van der Waals surface area contributed by atoms with E-state index in [4.69, 9.17) is 13.0 Å². The molecule has 27 heavy (non-hydrogen) atoms. The molecule has 1 rings (SSSR count). The van der Waals surface area contributed by atoms with E-state index in [9.17, 15) is 18.0 Å². The normalized spacial score (nSPS) is 20.4. The maximum absolute atomic E-state index is 11.3. The third-order valence-corrected chi connectivity index (χ3v) is 5.39. The zero-order valence-electron chi connectivity index (χ0n) is 16.5. The molecule has 1 atom stereocenters. The van der Waals surface area contributed by atoms with Crippen LogP contribution in [-0.4, -0.2) is 55.4 Å². The number of hydrogen-bond donors (Lipinski definition) is 0. The lowest BCUT2D eigenvalue weighted by Gasteiger charge is -2.28. The van der Waals surface area contributed by atoms with Crippen molar-refractivity contribution in [1.82, 2.24) is 0 Å². The maximum Gasteiger partial charge on any atom is 0.485 e. The fourth-order valence-electron chi connectivity index (χ4n) is 3.15. The van der Waals surface area contributed by atoms with Gasteiger partial charge in [-0.3, -0.25) is 4.79 Å². The second-order valence-electron chi connectivity index (χ2n) is 7.60. The number of halogens is 3. The molecular weight excluding hydrogens is 383 g/mol. The lowest BCUT2D eigenvalue weighted by atomic mass is 10.1. The first-order chi connectivity index (χ1) is 12.4. The van der Waals surface area contributed by atoms with E-state index in [0.29, 0.717) is 5.78 Å². The number of rotatable bonds is 11. The minimum atomic E-state index is -6.09. The Bertz CT molecular complexity index is 523. The van der Waals surface area contributed by atoms with Crippen molar-refractivity contribution in [2.45, 2.75) is 83.1 Å². The van der Waals surface area contributed by atoms with Gasteiger partial charge in [0, 0.05) is 0 Å². The Balaban J connectivity index is 0.000000713.